The number of carbonyl (C=O) groups is 1. The summed E-state index contributed by atoms with van der Waals surface area (Å²) in [6.45, 7) is 10.3. The average Bonchev–Trinajstić information content (AvgIpc) is 2.48. The number of hydrogen-bond donors (Lipinski definition) is 1. The first-order chi connectivity index (χ1) is 10.5. The molecule has 0 aliphatic rings. The van der Waals surface area contributed by atoms with Gasteiger partial charge in [0.15, 0.2) is 0 Å². The van der Waals surface area contributed by atoms with Crippen molar-refractivity contribution in [2.75, 3.05) is 13.7 Å². The van der Waals surface area contributed by atoms with Crippen LogP contribution in [0.3, 0.4) is 0 Å². The minimum atomic E-state index is -0.201. The van der Waals surface area contributed by atoms with Gasteiger partial charge in [0, 0.05) is 25.4 Å². The van der Waals surface area contributed by atoms with E-state index in [1.807, 2.05) is 62.2 Å². The monoisotopic (exact) mass is 302 g/mol. The third-order valence-corrected chi connectivity index (χ3v) is 3.39. The Balaban J connectivity index is 2.71. The molecule has 1 aromatic rings. The van der Waals surface area contributed by atoms with Crippen molar-refractivity contribution in [2.24, 2.45) is 0 Å². The van der Waals surface area contributed by atoms with Gasteiger partial charge in [0.1, 0.15) is 0 Å². The van der Waals surface area contributed by atoms with Gasteiger partial charge >= 0.3 is 0 Å². The lowest BCUT2D eigenvalue weighted by Gasteiger charge is -2.29. The number of nitrogens with one attached hydrogen (secondary N) is 1. The number of allylic oxidation sites excluding steroid dienone is 2. The van der Waals surface area contributed by atoms with Gasteiger partial charge < -0.3 is 15.0 Å². The quantitative estimate of drug-likeness (QED) is 0.802. The van der Waals surface area contributed by atoms with E-state index >= 15 is 0 Å². The Hall–Kier alpha value is -2.07. The molecule has 1 aromatic carbocycles. The topological polar surface area (TPSA) is 41.6 Å². The van der Waals surface area contributed by atoms with Crippen molar-refractivity contribution in [3.05, 3.63) is 59.9 Å². The molecule has 0 fully saturated rings. The number of amides is 1. The van der Waals surface area contributed by atoms with Crippen LogP contribution >= 0.6 is 0 Å². The number of ether oxygens (including phenoxy) is 1. The molecule has 0 spiro atoms. The van der Waals surface area contributed by atoms with Gasteiger partial charge in [0.25, 0.3) is 0 Å². The number of nitrogens with zero attached hydrogens (tertiary/aromatic N) is 1. The maximum absolute atomic E-state index is 11.5. The number of carbonyl (C=O) groups excluding carboxylic acids is 1. The molecule has 0 saturated heterocycles. The van der Waals surface area contributed by atoms with Gasteiger partial charge in [-0.15, -0.1) is 0 Å². The Morgan fingerprint density at radius 3 is 2.50 bits per heavy atom. The molecular formula is C18H26N2O2. The highest BCUT2D eigenvalue weighted by Gasteiger charge is 2.19. The number of rotatable bonds is 8. The third kappa shape index (κ3) is 5.74. The molecule has 0 aliphatic carbocycles. The Bertz CT molecular complexity index is 523. The fourth-order valence-corrected chi connectivity index (χ4v) is 2.16. The summed E-state index contributed by atoms with van der Waals surface area (Å²) in [5.74, 6) is -0.0808. The van der Waals surface area contributed by atoms with Crippen LogP contribution < -0.4 is 5.32 Å². The van der Waals surface area contributed by atoms with Gasteiger partial charge in [0.05, 0.1) is 19.3 Å². The summed E-state index contributed by atoms with van der Waals surface area (Å²) in [6, 6.07) is 9.77. The van der Waals surface area contributed by atoms with Crippen LogP contribution in [0.5, 0.6) is 0 Å². The van der Waals surface area contributed by atoms with Crippen LogP contribution in [0.1, 0.15) is 26.3 Å². The number of likely N-dealkylation sites (N-methyl/N-ethyl adjacent to an activating group) is 1. The van der Waals surface area contributed by atoms with E-state index in [-0.39, 0.29) is 11.9 Å². The van der Waals surface area contributed by atoms with E-state index < -0.39 is 0 Å². The van der Waals surface area contributed by atoms with Gasteiger partial charge in [-0.05, 0) is 19.4 Å². The standard InChI is InChI=1S/C18H26N2O2/c1-6-18(20(5)14(2)3)17(19-15(4)21)13-22-12-16-10-8-7-9-11-16/h6-11,17H,2,12-13H2,1,3-5H3,(H,19,21)/b18-6-. The van der Waals surface area contributed by atoms with Crippen molar-refractivity contribution >= 4 is 5.91 Å². The number of hydrogen-bond acceptors (Lipinski definition) is 3. The van der Waals surface area contributed by atoms with Crippen molar-refractivity contribution in [1.82, 2.24) is 10.2 Å². The molecule has 0 heterocycles. The predicted octanol–water partition coefficient (Wildman–Crippen LogP) is 3.08. The molecule has 4 heteroatoms. The van der Waals surface area contributed by atoms with Crippen LogP contribution in [-0.4, -0.2) is 30.5 Å². The Morgan fingerprint density at radius 2 is 2.00 bits per heavy atom. The molecule has 0 saturated carbocycles. The lowest BCUT2D eigenvalue weighted by molar-refractivity contribution is -0.120. The lowest BCUT2D eigenvalue weighted by atomic mass is 10.1. The van der Waals surface area contributed by atoms with E-state index in [1.54, 1.807) is 0 Å². The van der Waals surface area contributed by atoms with Gasteiger partial charge in [-0.3, -0.25) is 4.79 Å². The maximum atomic E-state index is 11.5. The van der Waals surface area contributed by atoms with Crippen LogP contribution in [-0.2, 0) is 16.1 Å². The van der Waals surface area contributed by atoms with Crippen LogP contribution in [0.25, 0.3) is 0 Å². The van der Waals surface area contributed by atoms with Crippen LogP contribution in [0.15, 0.2) is 54.4 Å². The molecular weight excluding hydrogens is 276 g/mol. The Morgan fingerprint density at radius 1 is 1.36 bits per heavy atom. The first-order valence-electron chi connectivity index (χ1n) is 7.40. The molecule has 0 radical (unpaired) electrons. The zero-order chi connectivity index (χ0) is 16.5. The van der Waals surface area contributed by atoms with Gasteiger partial charge in [-0.25, -0.2) is 0 Å². The molecule has 1 N–H and O–H groups in total. The molecule has 0 bridgehead atoms. The summed E-state index contributed by atoms with van der Waals surface area (Å²) in [6.07, 6.45) is 1.97. The average molecular weight is 302 g/mol. The molecule has 0 aliphatic heterocycles. The maximum Gasteiger partial charge on any atom is 0.217 e. The second-order valence-corrected chi connectivity index (χ2v) is 5.26. The van der Waals surface area contributed by atoms with Crippen LogP contribution in [0.2, 0.25) is 0 Å². The molecule has 1 amide bonds. The highest BCUT2D eigenvalue weighted by molar-refractivity contribution is 5.73. The summed E-state index contributed by atoms with van der Waals surface area (Å²) in [4.78, 5) is 13.4. The van der Waals surface area contributed by atoms with Crippen molar-refractivity contribution in [3.8, 4) is 0 Å². The van der Waals surface area contributed by atoms with Crippen molar-refractivity contribution in [3.63, 3.8) is 0 Å². The molecule has 1 unspecified atom stereocenters. The highest BCUT2D eigenvalue weighted by atomic mass is 16.5. The summed E-state index contributed by atoms with van der Waals surface area (Å²) >= 11 is 0. The number of benzene rings is 1. The first-order valence-corrected chi connectivity index (χ1v) is 7.40. The molecule has 4 nitrogen and oxygen atoms in total. The molecule has 1 atom stereocenters. The van der Waals surface area contributed by atoms with Crippen LogP contribution in [0, 0.1) is 0 Å². The normalized spacial score (nSPS) is 12.6. The van der Waals surface area contributed by atoms with E-state index in [4.69, 9.17) is 4.74 Å². The smallest absolute Gasteiger partial charge is 0.217 e. The van der Waals surface area contributed by atoms with Crippen molar-refractivity contribution in [2.45, 2.75) is 33.4 Å². The highest BCUT2D eigenvalue weighted by Crippen LogP contribution is 2.14. The fourth-order valence-electron chi connectivity index (χ4n) is 2.16. The summed E-state index contributed by atoms with van der Waals surface area (Å²) in [7, 11) is 1.93. The summed E-state index contributed by atoms with van der Waals surface area (Å²) in [5, 5.41) is 2.94. The second kappa shape index (κ2) is 9.05. The van der Waals surface area contributed by atoms with Gasteiger partial charge in [-0.1, -0.05) is 43.0 Å². The molecule has 0 aromatic heterocycles. The van der Waals surface area contributed by atoms with E-state index in [1.165, 1.54) is 6.92 Å². The van der Waals surface area contributed by atoms with E-state index in [0.717, 1.165) is 17.0 Å². The van der Waals surface area contributed by atoms with Crippen molar-refractivity contribution in [1.29, 1.82) is 0 Å². The Labute approximate surface area is 133 Å². The summed E-state index contributed by atoms with van der Waals surface area (Å²) in [5.41, 5.74) is 2.99. The minimum absolute atomic E-state index is 0.0808. The molecule has 1 rings (SSSR count). The zero-order valence-electron chi connectivity index (χ0n) is 13.9. The van der Waals surface area contributed by atoms with Crippen LogP contribution in [0.4, 0.5) is 0 Å². The van der Waals surface area contributed by atoms with Gasteiger partial charge in [-0.2, -0.15) is 0 Å². The second-order valence-electron chi connectivity index (χ2n) is 5.26. The van der Waals surface area contributed by atoms with Gasteiger partial charge in [0.2, 0.25) is 5.91 Å². The lowest BCUT2D eigenvalue weighted by Crippen LogP contribution is -2.42. The fraction of sp³-hybridized carbons (Fsp3) is 0.389. The Kier molecular flexibility index (Phi) is 7.40. The van der Waals surface area contributed by atoms with E-state index in [0.29, 0.717) is 13.2 Å². The largest absolute Gasteiger partial charge is 0.374 e. The predicted molar refractivity (Wildman–Crippen MR) is 90.0 cm³/mol. The van der Waals surface area contributed by atoms with Crippen molar-refractivity contribution < 1.29 is 9.53 Å². The van der Waals surface area contributed by atoms with E-state index in [9.17, 15) is 4.79 Å². The molecule has 22 heavy (non-hydrogen) atoms. The van der Waals surface area contributed by atoms with E-state index in [2.05, 4.69) is 11.9 Å². The first kappa shape index (κ1) is 18.0. The summed E-state index contributed by atoms with van der Waals surface area (Å²) < 4.78 is 5.78. The zero-order valence-corrected chi connectivity index (χ0v) is 13.9. The third-order valence-electron chi connectivity index (χ3n) is 3.39. The SMILES string of the molecule is C=C(C)N(C)/C(=C\C)C(COCc1ccccc1)NC(C)=O. The minimum Gasteiger partial charge on any atom is -0.374 e. The molecule has 120 valence electrons.